The van der Waals surface area contributed by atoms with Gasteiger partial charge in [0.2, 0.25) is 0 Å². The average Bonchev–Trinajstić information content (AvgIpc) is 2.70. The van der Waals surface area contributed by atoms with Crippen LogP contribution in [0.4, 0.5) is 5.69 Å². The largest absolute Gasteiger partial charge is 0.478 e. The number of aromatic nitrogens is 2. The average molecular weight is 273 g/mol. The third kappa shape index (κ3) is 2.82. The lowest BCUT2D eigenvalue weighted by Crippen LogP contribution is -2.09. The summed E-state index contributed by atoms with van der Waals surface area (Å²) in [7, 11) is 1.90. The Morgan fingerprint density at radius 1 is 1.40 bits per heavy atom. The molecule has 20 heavy (non-hydrogen) atoms. The third-order valence-corrected chi connectivity index (χ3v) is 3.36. The number of nitrogens with zero attached hydrogens (tertiary/aromatic N) is 2. The third-order valence-electron chi connectivity index (χ3n) is 3.36. The van der Waals surface area contributed by atoms with Crippen molar-refractivity contribution in [3.63, 3.8) is 0 Å². The summed E-state index contributed by atoms with van der Waals surface area (Å²) in [6.45, 7) is 5.94. The monoisotopic (exact) mass is 273 g/mol. The maximum absolute atomic E-state index is 10.9. The van der Waals surface area contributed by atoms with Crippen LogP contribution >= 0.6 is 0 Å². The zero-order valence-corrected chi connectivity index (χ0v) is 12.1. The van der Waals surface area contributed by atoms with Crippen LogP contribution in [0.15, 0.2) is 24.4 Å². The van der Waals surface area contributed by atoms with E-state index in [2.05, 4.69) is 17.3 Å². The lowest BCUT2D eigenvalue weighted by molar-refractivity contribution is 0.0697. The summed E-state index contributed by atoms with van der Waals surface area (Å²) in [6, 6.07) is 5.20. The Morgan fingerprint density at radius 3 is 2.60 bits per heavy atom. The number of benzene rings is 1. The van der Waals surface area contributed by atoms with Gasteiger partial charge in [0.05, 0.1) is 17.3 Å². The molecule has 0 bridgehead atoms. The minimum atomic E-state index is -0.907. The standard InChI is InChI=1S/C15H19N3O2/c1-9-7-12(15(19)20)5-6-14(9)16-10(2)13-8-18(4)17-11(13)3/h5-8,10,16H,1-4H3,(H,19,20). The van der Waals surface area contributed by atoms with Crippen LogP contribution in [0.25, 0.3) is 0 Å². The molecule has 0 spiro atoms. The quantitative estimate of drug-likeness (QED) is 0.898. The molecule has 2 rings (SSSR count). The van der Waals surface area contributed by atoms with Gasteiger partial charge in [0, 0.05) is 24.5 Å². The van der Waals surface area contributed by atoms with E-state index < -0.39 is 5.97 Å². The van der Waals surface area contributed by atoms with Crippen LogP contribution in [-0.2, 0) is 7.05 Å². The molecule has 1 aromatic carbocycles. The second kappa shape index (κ2) is 5.36. The maximum Gasteiger partial charge on any atom is 0.335 e. The molecule has 0 radical (unpaired) electrons. The predicted molar refractivity (Wildman–Crippen MR) is 78.1 cm³/mol. The summed E-state index contributed by atoms with van der Waals surface area (Å²) in [5.74, 6) is -0.907. The molecular formula is C15H19N3O2. The van der Waals surface area contributed by atoms with Crippen molar-refractivity contribution < 1.29 is 9.90 Å². The van der Waals surface area contributed by atoms with E-state index in [0.717, 1.165) is 22.5 Å². The van der Waals surface area contributed by atoms with Gasteiger partial charge in [-0.15, -0.1) is 0 Å². The van der Waals surface area contributed by atoms with Gasteiger partial charge >= 0.3 is 5.97 Å². The zero-order valence-electron chi connectivity index (χ0n) is 12.1. The Balaban J connectivity index is 2.22. The van der Waals surface area contributed by atoms with Crippen LogP contribution in [0.5, 0.6) is 0 Å². The number of hydrogen-bond acceptors (Lipinski definition) is 3. The normalized spacial score (nSPS) is 12.2. The van der Waals surface area contributed by atoms with Crippen molar-refractivity contribution in [1.82, 2.24) is 9.78 Å². The van der Waals surface area contributed by atoms with E-state index in [4.69, 9.17) is 5.11 Å². The first-order chi connectivity index (χ1) is 9.38. The highest BCUT2D eigenvalue weighted by atomic mass is 16.4. The molecule has 1 unspecified atom stereocenters. The zero-order chi connectivity index (χ0) is 14.9. The lowest BCUT2D eigenvalue weighted by Gasteiger charge is -2.17. The molecule has 1 atom stereocenters. The Bertz CT molecular complexity index is 647. The number of anilines is 1. The van der Waals surface area contributed by atoms with Gasteiger partial charge in [0.15, 0.2) is 0 Å². The molecular weight excluding hydrogens is 254 g/mol. The topological polar surface area (TPSA) is 67.2 Å². The molecule has 0 aliphatic heterocycles. The van der Waals surface area contributed by atoms with Crippen molar-refractivity contribution in [1.29, 1.82) is 0 Å². The number of nitrogens with one attached hydrogen (secondary N) is 1. The summed E-state index contributed by atoms with van der Waals surface area (Å²) in [6.07, 6.45) is 1.99. The van der Waals surface area contributed by atoms with E-state index in [1.54, 1.807) is 22.9 Å². The van der Waals surface area contributed by atoms with Crippen LogP contribution in [0.1, 0.15) is 40.1 Å². The first-order valence-corrected chi connectivity index (χ1v) is 6.49. The molecule has 0 aliphatic rings. The summed E-state index contributed by atoms with van der Waals surface area (Å²) in [5.41, 5.74) is 4.28. The summed E-state index contributed by atoms with van der Waals surface area (Å²) in [4.78, 5) is 10.9. The number of rotatable bonds is 4. The van der Waals surface area contributed by atoms with Crippen molar-refractivity contribution in [3.8, 4) is 0 Å². The van der Waals surface area contributed by atoms with E-state index in [1.165, 1.54) is 0 Å². The van der Waals surface area contributed by atoms with Crippen LogP contribution < -0.4 is 5.32 Å². The van der Waals surface area contributed by atoms with Gasteiger partial charge in [0.1, 0.15) is 0 Å². The fraction of sp³-hybridized carbons (Fsp3) is 0.333. The highest BCUT2D eigenvalue weighted by molar-refractivity contribution is 5.88. The first-order valence-electron chi connectivity index (χ1n) is 6.49. The van der Waals surface area contributed by atoms with Crippen LogP contribution in [-0.4, -0.2) is 20.9 Å². The summed E-state index contributed by atoms with van der Waals surface area (Å²) >= 11 is 0. The van der Waals surface area contributed by atoms with Crippen molar-refractivity contribution in [2.24, 2.45) is 7.05 Å². The Morgan fingerprint density at radius 2 is 2.10 bits per heavy atom. The molecule has 0 aliphatic carbocycles. The van der Waals surface area contributed by atoms with Crippen LogP contribution in [0, 0.1) is 13.8 Å². The highest BCUT2D eigenvalue weighted by Crippen LogP contribution is 2.24. The van der Waals surface area contributed by atoms with E-state index in [9.17, 15) is 4.79 Å². The molecule has 5 heteroatoms. The van der Waals surface area contributed by atoms with Gasteiger partial charge in [-0.25, -0.2) is 4.79 Å². The number of carboxylic acid groups (broad SMARTS) is 1. The summed E-state index contributed by atoms with van der Waals surface area (Å²) < 4.78 is 1.79. The fourth-order valence-corrected chi connectivity index (χ4v) is 2.31. The molecule has 1 aromatic heterocycles. The van der Waals surface area contributed by atoms with Gasteiger partial charge in [0.25, 0.3) is 0 Å². The number of carboxylic acids is 1. The molecule has 2 N–H and O–H groups in total. The smallest absolute Gasteiger partial charge is 0.335 e. The molecule has 106 valence electrons. The van der Waals surface area contributed by atoms with Crippen LogP contribution in [0.2, 0.25) is 0 Å². The van der Waals surface area contributed by atoms with Gasteiger partial charge in [-0.1, -0.05) is 0 Å². The van der Waals surface area contributed by atoms with Crippen molar-refractivity contribution in [2.75, 3.05) is 5.32 Å². The Kier molecular flexibility index (Phi) is 3.79. The minimum Gasteiger partial charge on any atom is -0.478 e. The Labute approximate surface area is 118 Å². The molecule has 1 heterocycles. The van der Waals surface area contributed by atoms with Crippen molar-refractivity contribution in [3.05, 3.63) is 46.8 Å². The second-order valence-corrected chi connectivity index (χ2v) is 5.04. The fourth-order valence-electron chi connectivity index (χ4n) is 2.31. The molecule has 0 amide bonds. The number of aryl methyl sites for hydroxylation is 3. The molecule has 0 saturated carbocycles. The lowest BCUT2D eigenvalue weighted by atomic mass is 10.1. The van der Waals surface area contributed by atoms with Crippen molar-refractivity contribution in [2.45, 2.75) is 26.8 Å². The molecule has 0 fully saturated rings. The highest BCUT2D eigenvalue weighted by Gasteiger charge is 2.13. The van der Waals surface area contributed by atoms with Gasteiger partial charge in [-0.3, -0.25) is 4.68 Å². The second-order valence-electron chi connectivity index (χ2n) is 5.04. The van der Waals surface area contributed by atoms with Crippen molar-refractivity contribution >= 4 is 11.7 Å². The van der Waals surface area contributed by atoms with Gasteiger partial charge < -0.3 is 10.4 Å². The number of carbonyl (C=O) groups is 1. The van der Waals surface area contributed by atoms with E-state index in [0.29, 0.717) is 5.56 Å². The molecule has 5 nitrogen and oxygen atoms in total. The van der Waals surface area contributed by atoms with Gasteiger partial charge in [-0.05, 0) is 44.5 Å². The molecule has 2 aromatic rings. The van der Waals surface area contributed by atoms with E-state index in [-0.39, 0.29) is 6.04 Å². The van der Waals surface area contributed by atoms with E-state index >= 15 is 0 Å². The number of aromatic carboxylic acids is 1. The van der Waals surface area contributed by atoms with Gasteiger partial charge in [-0.2, -0.15) is 5.10 Å². The summed E-state index contributed by atoms with van der Waals surface area (Å²) in [5, 5.41) is 16.7. The molecule has 0 saturated heterocycles. The first kappa shape index (κ1) is 14.1. The maximum atomic E-state index is 10.9. The van der Waals surface area contributed by atoms with Crippen LogP contribution in [0.3, 0.4) is 0 Å². The predicted octanol–water partition coefficient (Wildman–Crippen LogP) is 2.91. The minimum absolute atomic E-state index is 0.109. The SMILES string of the molecule is Cc1cc(C(=O)O)ccc1NC(C)c1cn(C)nc1C. The van der Waals surface area contributed by atoms with E-state index in [1.807, 2.05) is 27.1 Å². The Hall–Kier alpha value is -2.30. The number of hydrogen-bond donors (Lipinski definition) is 2.